The van der Waals surface area contributed by atoms with E-state index in [9.17, 15) is 9.18 Å². The number of imidazole rings is 1. The molecule has 2 heterocycles. The van der Waals surface area contributed by atoms with Gasteiger partial charge in [0, 0.05) is 20.1 Å². The lowest BCUT2D eigenvalue weighted by Crippen LogP contribution is -2.39. The lowest BCUT2D eigenvalue weighted by atomic mass is 9.99. The Morgan fingerprint density at radius 2 is 2.30 bits per heavy atom. The minimum atomic E-state index is -0.764. The van der Waals surface area contributed by atoms with Gasteiger partial charge in [-0.3, -0.25) is 4.79 Å². The summed E-state index contributed by atoms with van der Waals surface area (Å²) in [7, 11) is 1.83. The fourth-order valence-corrected chi connectivity index (χ4v) is 2.79. The van der Waals surface area contributed by atoms with Gasteiger partial charge in [-0.1, -0.05) is 0 Å². The summed E-state index contributed by atoms with van der Waals surface area (Å²) in [5.41, 5.74) is 1.44. The second kappa shape index (κ2) is 4.77. The molecule has 0 radical (unpaired) electrons. The van der Waals surface area contributed by atoms with Gasteiger partial charge >= 0.3 is 5.97 Å². The fraction of sp³-hybridized carbons (Fsp3) is 0.429. The second-order valence-corrected chi connectivity index (χ2v) is 5.23. The predicted octanol–water partition coefficient (Wildman–Crippen LogP) is 2.01. The molecule has 6 heteroatoms. The van der Waals surface area contributed by atoms with Gasteiger partial charge in [0.15, 0.2) is 0 Å². The van der Waals surface area contributed by atoms with Crippen LogP contribution in [0.15, 0.2) is 18.2 Å². The van der Waals surface area contributed by atoms with Gasteiger partial charge in [-0.05, 0) is 31.0 Å². The Labute approximate surface area is 115 Å². The second-order valence-electron chi connectivity index (χ2n) is 5.23. The van der Waals surface area contributed by atoms with E-state index in [2.05, 4.69) is 4.98 Å². The van der Waals surface area contributed by atoms with Crippen LogP contribution in [0.2, 0.25) is 0 Å². The number of hydrogen-bond acceptors (Lipinski definition) is 3. The molecule has 1 aliphatic heterocycles. The van der Waals surface area contributed by atoms with E-state index in [1.807, 2.05) is 16.5 Å². The molecule has 1 unspecified atom stereocenters. The first-order valence-corrected chi connectivity index (χ1v) is 6.66. The van der Waals surface area contributed by atoms with Gasteiger partial charge in [0.1, 0.15) is 5.82 Å². The van der Waals surface area contributed by atoms with Crippen molar-refractivity contribution in [3.05, 3.63) is 24.0 Å². The molecule has 0 spiro atoms. The van der Waals surface area contributed by atoms with Crippen LogP contribution in [0.3, 0.4) is 0 Å². The number of carboxylic acids is 1. The Morgan fingerprint density at radius 1 is 1.50 bits per heavy atom. The first kappa shape index (κ1) is 12.9. The van der Waals surface area contributed by atoms with Gasteiger partial charge in [0.2, 0.25) is 5.95 Å². The molecule has 20 heavy (non-hydrogen) atoms. The lowest BCUT2D eigenvalue weighted by Gasteiger charge is -2.31. The molecule has 0 aliphatic carbocycles. The first-order chi connectivity index (χ1) is 9.56. The van der Waals surface area contributed by atoms with Crippen molar-refractivity contribution >= 4 is 23.0 Å². The van der Waals surface area contributed by atoms with Crippen LogP contribution < -0.4 is 4.90 Å². The summed E-state index contributed by atoms with van der Waals surface area (Å²) >= 11 is 0. The van der Waals surface area contributed by atoms with Crippen molar-refractivity contribution in [1.29, 1.82) is 0 Å². The first-order valence-electron chi connectivity index (χ1n) is 6.66. The van der Waals surface area contributed by atoms with Crippen LogP contribution >= 0.6 is 0 Å². The maximum atomic E-state index is 13.3. The number of carboxylic acid groups (broad SMARTS) is 1. The average Bonchev–Trinajstić information content (AvgIpc) is 2.76. The Kier molecular flexibility index (Phi) is 3.08. The zero-order chi connectivity index (χ0) is 14.3. The summed E-state index contributed by atoms with van der Waals surface area (Å²) in [6, 6.07) is 4.48. The monoisotopic (exact) mass is 277 g/mol. The number of hydrogen-bond donors (Lipinski definition) is 1. The van der Waals surface area contributed by atoms with E-state index in [0.29, 0.717) is 18.9 Å². The highest BCUT2D eigenvalue weighted by Gasteiger charge is 2.27. The summed E-state index contributed by atoms with van der Waals surface area (Å²) in [5.74, 6) is -0.717. The van der Waals surface area contributed by atoms with Crippen LogP contribution in [0.25, 0.3) is 11.0 Å². The minimum Gasteiger partial charge on any atom is -0.481 e. The molecule has 3 rings (SSSR count). The van der Waals surface area contributed by atoms with E-state index in [4.69, 9.17) is 5.11 Å². The number of aryl methyl sites for hydroxylation is 1. The van der Waals surface area contributed by atoms with E-state index < -0.39 is 5.97 Å². The largest absolute Gasteiger partial charge is 0.481 e. The molecule has 106 valence electrons. The SMILES string of the molecule is Cn1c(N2CCCC(C(=O)O)C2)nc2ccc(F)cc21. The number of fused-ring (bicyclic) bond motifs is 1. The van der Waals surface area contributed by atoms with Crippen molar-refractivity contribution in [3.8, 4) is 0 Å². The van der Waals surface area contributed by atoms with Gasteiger partial charge in [0.25, 0.3) is 0 Å². The Morgan fingerprint density at radius 3 is 3.05 bits per heavy atom. The number of piperidine rings is 1. The summed E-state index contributed by atoms with van der Waals surface area (Å²) < 4.78 is 15.1. The molecule has 1 atom stereocenters. The van der Waals surface area contributed by atoms with Crippen molar-refractivity contribution in [2.75, 3.05) is 18.0 Å². The highest BCUT2D eigenvalue weighted by molar-refractivity contribution is 5.79. The Bertz CT molecular complexity index is 668. The molecule has 5 nitrogen and oxygen atoms in total. The van der Waals surface area contributed by atoms with E-state index in [-0.39, 0.29) is 11.7 Å². The van der Waals surface area contributed by atoms with Crippen LogP contribution in [0.1, 0.15) is 12.8 Å². The molecule has 0 saturated carbocycles. The normalized spacial score (nSPS) is 19.5. The summed E-state index contributed by atoms with van der Waals surface area (Å²) in [5, 5.41) is 9.14. The number of halogens is 1. The number of benzene rings is 1. The van der Waals surface area contributed by atoms with Crippen molar-refractivity contribution in [2.45, 2.75) is 12.8 Å². The van der Waals surface area contributed by atoms with Crippen molar-refractivity contribution in [1.82, 2.24) is 9.55 Å². The van der Waals surface area contributed by atoms with Gasteiger partial charge in [-0.2, -0.15) is 0 Å². The van der Waals surface area contributed by atoms with Gasteiger partial charge < -0.3 is 14.6 Å². The molecule has 0 amide bonds. The van der Waals surface area contributed by atoms with Crippen LogP contribution in [0.5, 0.6) is 0 Å². The molecular weight excluding hydrogens is 261 g/mol. The third-order valence-corrected chi connectivity index (χ3v) is 3.87. The molecular formula is C14H16FN3O2. The standard InChI is InChI=1S/C14H16FN3O2/c1-17-12-7-10(15)4-5-11(12)16-14(17)18-6-2-3-9(8-18)13(19)20/h4-5,7,9H,2-3,6,8H2,1H3,(H,19,20). The average molecular weight is 277 g/mol. The molecule has 1 aliphatic rings. The maximum absolute atomic E-state index is 13.3. The van der Waals surface area contributed by atoms with Crippen LogP contribution in [0, 0.1) is 11.7 Å². The van der Waals surface area contributed by atoms with Crippen molar-refractivity contribution in [3.63, 3.8) is 0 Å². The molecule has 1 saturated heterocycles. The van der Waals surface area contributed by atoms with Crippen molar-refractivity contribution < 1.29 is 14.3 Å². The minimum absolute atomic E-state index is 0.297. The van der Waals surface area contributed by atoms with Crippen LogP contribution in [-0.2, 0) is 11.8 Å². The van der Waals surface area contributed by atoms with Gasteiger partial charge in [-0.15, -0.1) is 0 Å². The third-order valence-electron chi connectivity index (χ3n) is 3.87. The quantitative estimate of drug-likeness (QED) is 0.912. The van der Waals surface area contributed by atoms with E-state index in [0.717, 1.165) is 24.0 Å². The number of aliphatic carboxylic acids is 1. The molecule has 1 aromatic carbocycles. The molecule has 1 aromatic heterocycles. The number of aromatic nitrogens is 2. The van der Waals surface area contributed by atoms with Gasteiger partial charge in [0.05, 0.1) is 17.0 Å². The Balaban J connectivity index is 1.97. The zero-order valence-corrected chi connectivity index (χ0v) is 11.2. The smallest absolute Gasteiger partial charge is 0.308 e. The molecule has 2 aromatic rings. The van der Waals surface area contributed by atoms with E-state index >= 15 is 0 Å². The lowest BCUT2D eigenvalue weighted by molar-refractivity contribution is -0.141. The fourth-order valence-electron chi connectivity index (χ4n) is 2.79. The number of anilines is 1. The van der Waals surface area contributed by atoms with Crippen molar-refractivity contribution in [2.24, 2.45) is 13.0 Å². The highest BCUT2D eigenvalue weighted by atomic mass is 19.1. The maximum Gasteiger partial charge on any atom is 0.308 e. The van der Waals surface area contributed by atoms with Gasteiger partial charge in [-0.25, -0.2) is 9.37 Å². The van der Waals surface area contributed by atoms with Crippen LogP contribution in [0.4, 0.5) is 10.3 Å². The summed E-state index contributed by atoms with van der Waals surface area (Å²) in [6.07, 6.45) is 1.53. The zero-order valence-electron chi connectivity index (χ0n) is 11.2. The summed E-state index contributed by atoms with van der Waals surface area (Å²) in [6.45, 7) is 1.23. The predicted molar refractivity (Wildman–Crippen MR) is 73.2 cm³/mol. The van der Waals surface area contributed by atoms with Crippen LogP contribution in [-0.4, -0.2) is 33.7 Å². The number of carbonyl (C=O) groups is 1. The highest BCUT2D eigenvalue weighted by Crippen LogP contribution is 2.26. The number of nitrogens with zero attached hydrogens (tertiary/aromatic N) is 3. The molecule has 0 bridgehead atoms. The summed E-state index contributed by atoms with van der Waals surface area (Å²) in [4.78, 5) is 17.6. The van der Waals surface area contributed by atoms with E-state index in [1.54, 1.807) is 6.07 Å². The Hall–Kier alpha value is -2.11. The number of rotatable bonds is 2. The van der Waals surface area contributed by atoms with E-state index in [1.165, 1.54) is 12.1 Å². The topological polar surface area (TPSA) is 58.4 Å². The molecule has 1 fully saturated rings. The third kappa shape index (κ3) is 2.11. The molecule has 1 N–H and O–H groups in total.